The fraction of sp³-hybridized carbons (Fsp3) is 0.107. The summed E-state index contributed by atoms with van der Waals surface area (Å²) in [5, 5.41) is 9.84. The molecule has 1 atom stereocenters. The minimum Gasteiger partial charge on any atom is -0.488 e. The van der Waals surface area contributed by atoms with Gasteiger partial charge in [0.1, 0.15) is 12.4 Å². The van der Waals surface area contributed by atoms with E-state index in [-0.39, 0.29) is 11.4 Å². The van der Waals surface area contributed by atoms with E-state index in [0.29, 0.717) is 27.3 Å². The summed E-state index contributed by atoms with van der Waals surface area (Å²) in [7, 11) is 0. The van der Waals surface area contributed by atoms with E-state index in [9.17, 15) is 4.79 Å². The maximum absolute atomic E-state index is 12.9. The van der Waals surface area contributed by atoms with Gasteiger partial charge in [0.15, 0.2) is 5.50 Å². The Bertz CT molecular complexity index is 1440. The number of carbonyl (C=O) groups is 1. The molecule has 0 aliphatic carbocycles. The Balaban J connectivity index is 1.43. The Morgan fingerprint density at radius 2 is 1.77 bits per heavy atom. The fourth-order valence-electron chi connectivity index (χ4n) is 3.92. The van der Waals surface area contributed by atoms with Gasteiger partial charge in [-0.25, -0.2) is 0 Å². The van der Waals surface area contributed by atoms with Gasteiger partial charge in [0, 0.05) is 21.3 Å². The van der Waals surface area contributed by atoms with Crippen molar-refractivity contribution in [2.24, 2.45) is 0 Å². The molecule has 0 spiro atoms. The highest BCUT2D eigenvalue weighted by Crippen LogP contribution is 2.36. The second-order valence-electron chi connectivity index (χ2n) is 8.20. The van der Waals surface area contributed by atoms with Crippen LogP contribution in [-0.2, 0) is 11.4 Å². The Labute approximate surface area is 218 Å². The summed E-state index contributed by atoms with van der Waals surface area (Å²) in [4.78, 5) is 13.5. The lowest BCUT2D eigenvalue weighted by atomic mass is 10.0. The van der Waals surface area contributed by atoms with Gasteiger partial charge < -0.3 is 15.4 Å². The smallest absolute Gasteiger partial charge is 0.260 e. The highest BCUT2D eigenvalue weighted by molar-refractivity contribution is 8.05. The highest BCUT2D eigenvalue weighted by atomic mass is 35.5. The molecule has 1 unspecified atom stereocenters. The number of nitrogens with one attached hydrogen (secondary N) is 2. The third-order valence-electron chi connectivity index (χ3n) is 5.72. The molecule has 0 aromatic heterocycles. The van der Waals surface area contributed by atoms with Gasteiger partial charge >= 0.3 is 0 Å². The van der Waals surface area contributed by atoms with Crippen LogP contribution in [0.5, 0.6) is 5.75 Å². The molecule has 1 fully saturated rings. The van der Waals surface area contributed by atoms with Crippen LogP contribution in [0.2, 0.25) is 10.0 Å². The van der Waals surface area contributed by atoms with Crippen LogP contribution in [0.15, 0.2) is 83.8 Å². The van der Waals surface area contributed by atoms with Crippen LogP contribution in [0.3, 0.4) is 0 Å². The Morgan fingerprint density at radius 1 is 1.00 bits per heavy atom. The SMILES string of the molecule is Cc1cc(Cl)ccc1NC1NC(=O)/C(=C/c2c(OCc3ccc(Cl)cc3)ccc3ccccc23)S1. The van der Waals surface area contributed by atoms with Crippen LogP contribution in [-0.4, -0.2) is 11.4 Å². The van der Waals surface area contributed by atoms with Crippen LogP contribution >= 0.6 is 35.0 Å². The molecule has 1 aliphatic heterocycles. The van der Waals surface area contributed by atoms with E-state index in [1.165, 1.54) is 11.8 Å². The number of benzene rings is 4. The van der Waals surface area contributed by atoms with E-state index in [2.05, 4.69) is 16.7 Å². The van der Waals surface area contributed by atoms with Crippen LogP contribution in [0.4, 0.5) is 5.69 Å². The first kappa shape index (κ1) is 23.6. The largest absolute Gasteiger partial charge is 0.488 e. The van der Waals surface area contributed by atoms with Gasteiger partial charge in [-0.05, 0) is 71.3 Å². The van der Waals surface area contributed by atoms with Crippen LogP contribution in [0.1, 0.15) is 16.7 Å². The second kappa shape index (κ2) is 10.2. The molecule has 4 aromatic carbocycles. The van der Waals surface area contributed by atoms with Crippen LogP contribution in [0.25, 0.3) is 16.8 Å². The molecular formula is C28H22Cl2N2O2S. The van der Waals surface area contributed by atoms with Gasteiger partial charge in [0.25, 0.3) is 5.91 Å². The number of halogens is 2. The molecule has 5 rings (SSSR count). The number of anilines is 1. The molecule has 1 amide bonds. The molecule has 4 nitrogen and oxygen atoms in total. The predicted octanol–water partition coefficient (Wildman–Crippen LogP) is 7.63. The number of rotatable bonds is 6. The molecule has 7 heteroatoms. The van der Waals surface area contributed by atoms with Gasteiger partial charge in [0.2, 0.25) is 0 Å². The summed E-state index contributed by atoms with van der Waals surface area (Å²) in [5.41, 5.74) is 3.53. The molecule has 4 aromatic rings. The highest BCUT2D eigenvalue weighted by Gasteiger charge is 2.28. The van der Waals surface area contributed by atoms with E-state index in [4.69, 9.17) is 27.9 Å². The van der Waals surface area contributed by atoms with Crippen molar-refractivity contribution in [1.29, 1.82) is 0 Å². The number of hydrogen-bond donors (Lipinski definition) is 2. The molecule has 1 heterocycles. The Kier molecular flexibility index (Phi) is 6.91. The molecule has 35 heavy (non-hydrogen) atoms. The lowest BCUT2D eigenvalue weighted by molar-refractivity contribution is -0.116. The molecule has 176 valence electrons. The maximum atomic E-state index is 12.9. The average molecular weight is 521 g/mol. The van der Waals surface area contributed by atoms with Crippen molar-refractivity contribution in [1.82, 2.24) is 5.32 Å². The van der Waals surface area contributed by atoms with E-state index in [0.717, 1.165) is 33.2 Å². The molecule has 0 bridgehead atoms. The van der Waals surface area contributed by atoms with Gasteiger partial charge in [-0.2, -0.15) is 0 Å². The van der Waals surface area contributed by atoms with Crippen molar-refractivity contribution in [3.63, 3.8) is 0 Å². The van der Waals surface area contributed by atoms with E-state index in [1.807, 2.05) is 85.8 Å². The summed E-state index contributed by atoms with van der Waals surface area (Å²) in [5.74, 6) is 0.584. The number of amides is 1. The first-order valence-electron chi connectivity index (χ1n) is 11.1. The molecule has 1 aliphatic rings. The molecule has 2 N–H and O–H groups in total. The van der Waals surface area contributed by atoms with Gasteiger partial charge in [-0.3, -0.25) is 4.79 Å². The van der Waals surface area contributed by atoms with Crippen molar-refractivity contribution in [3.05, 3.63) is 111 Å². The summed E-state index contributed by atoms with van der Waals surface area (Å²) >= 11 is 13.5. The summed E-state index contributed by atoms with van der Waals surface area (Å²) in [6.07, 6.45) is 1.91. The first-order chi connectivity index (χ1) is 17.0. The lowest BCUT2D eigenvalue weighted by Crippen LogP contribution is -2.31. The minimum absolute atomic E-state index is 0.129. The predicted molar refractivity (Wildman–Crippen MR) is 147 cm³/mol. The molecule has 0 saturated carbocycles. The average Bonchev–Trinajstić information content (AvgIpc) is 3.20. The van der Waals surface area contributed by atoms with Crippen LogP contribution < -0.4 is 15.4 Å². The Morgan fingerprint density at radius 3 is 2.57 bits per heavy atom. The fourth-order valence-corrected chi connectivity index (χ4v) is 5.23. The lowest BCUT2D eigenvalue weighted by Gasteiger charge is -2.15. The normalized spacial score (nSPS) is 16.5. The summed E-state index contributed by atoms with van der Waals surface area (Å²) < 4.78 is 6.21. The zero-order valence-corrected chi connectivity index (χ0v) is 21.2. The van der Waals surface area contributed by atoms with Crippen molar-refractivity contribution >= 4 is 63.4 Å². The summed E-state index contributed by atoms with van der Waals surface area (Å²) in [6.45, 7) is 2.37. The van der Waals surface area contributed by atoms with Crippen molar-refractivity contribution in [2.75, 3.05) is 5.32 Å². The summed E-state index contributed by atoms with van der Waals surface area (Å²) in [6, 6.07) is 25.3. The van der Waals surface area contributed by atoms with Crippen molar-refractivity contribution < 1.29 is 9.53 Å². The third-order valence-corrected chi connectivity index (χ3v) is 7.24. The van der Waals surface area contributed by atoms with E-state index in [1.54, 1.807) is 0 Å². The minimum atomic E-state index is -0.290. The number of carbonyl (C=O) groups excluding carboxylic acids is 1. The number of fused-ring (bicyclic) bond motifs is 1. The van der Waals surface area contributed by atoms with Crippen LogP contribution in [0, 0.1) is 6.92 Å². The van der Waals surface area contributed by atoms with Crippen molar-refractivity contribution in [3.8, 4) is 5.75 Å². The standard InChI is InChI=1S/C28H22Cl2N2O2S/c1-17-14-21(30)11-12-24(17)31-28-32-27(33)26(35-28)15-23-22-5-3-2-4-19(22)8-13-25(23)34-16-18-6-9-20(29)10-7-18/h2-15,28,31H,16H2,1H3,(H,32,33)/b26-15-. The van der Waals surface area contributed by atoms with Crippen molar-refractivity contribution in [2.45, 2.75) is 19.0 Å². The van der Waals surface area contributed by atoms with Gasteiger partial charge in [-0.15, -0.1) is 0 Å². The monoisotopic (exact) mass is 520 g/mol. The topological polar surface area (TPSA) is 50.4 Å². The number of thioether (sulfide) groups is 1. The second-order valence-corrected chi connectivity index (χ2v) is 10.2. The Hall–Kier alpha value is -3.12. The molecule has 1 saturated heterocycles. The number of aryl methyl sites for hydroxylation is 1. The van der Waals surface area contributed by atoms with Gasteiger partial charge in [0.05, 0.1) is 4.91 Å². The zero-order chi connectivity index (χ0) is 24.4. The number of ether oxygens (including phenoxy) is 1. The quantitative estimate of drug-likeness (QED) is 0.256. The van der Waals surface area contributed by atoms with E-state index < -0.39 is 0 Å². The molecule has 0 radical (unpaired) electrons. The van der Waals surface area contributed by atoms with E-state index >= 15 is 0 Å². The number of hydrogen-bond acceptors (Lipinski definition) is 4. The van der Waals surface area contributed by atoms with Gasteiger partial charge in [-0.1, -0.05) is 77.4 Å². The maximum Gasteiger partial charge on any atom is 0.260 e. The third kappa shape index (κ3) is 5.43. The first-order valence-corrected chi connectivity index (χ1v) is 12.7. The zero-order valence-electron chi connectivity index (χ0n) is 18.8. The molecular weight excluding hydrogens is 499 g/mol.